The molecule has 0 rings (SSSR count). The van der Waals surface area contributed by atoms with Gasteiger partial charge in [0, 0.05) is 6.54 Å². The molecule has 1 nitrogen and oxygen atoms in total. The SMILES string of the molecule is C=CCN[Si](C)C. The summed E-state index contributed by atoms with van der Waals surface area (Å²) in [6, 6.07) is 0. The van der Waals surface area contributed by atoms with Gasteiger partial charge in [-0.05, 0) is 0 Å². The summed E-state index contributed by atoms with van der Waals surface area (Å²) >= 11 is 0. The second kappa shape index (κ2) is 4.09. The highest BCUT2D eigenvalue weighted by Gasteiger charge is 1.87. The molecular formula is C5H12NSi. The molecule has 41 valence electrons. The Kier molecular flexibility index (Phi) is 4.04. The van der Waals surface area contributed by atoms with Gasteiger partial charge in [0.25, 0.3) is 0 Å². The summed E-state index contributed by atoms with van der Waals surface area (Å²) in [6.07, 6.45) is 1.89. The van der Waals surface area contributed by atoms with Crippen molar-refractivity contribution in [2.24, 2.45) is 0 Å². The molecule has 0 amide bonds. The first-order valence-corrected chi connectivity index (χ1v) is 4.92. The summed E-state index contributed by atoms with van der Waals surface area (Å²) < 4.78 is 0. The minimum Gasteiger partial charge on any atom is -0.335 e. The van der Waals surface area contributed by atoms with Crippen LogP contribution in [0.5, 0.6) is 0 Å². The lowest BCUT2D eigenvalue weighted by atomic mass is 10.7. The summed E-state index contributed by atoms with van der Waals surface area (Å²) in [4.78, 5) is 3.28. The zero-order valence-electron chi connectivity index (χ0n) is 4.99. The maximum absolute atomic E-state index is 3.59. The van der Waals surface area contributed by atoms with E-state index in [1.165, 1.54) is 0 Å². The molecule has 0 aromatic carbocycles. The van der Waals surface area contributed by atoms with Gasteiger partial charge in [0.15, 0.2) is 0 Å². The van der Waals surface area contributed by atoms with Gasteiger partial charge in [-0.2, -0.15) is 0 Å². The van der Waals surface area contributed by atoms with Crippen molar-refractivity contribution < 1.29 is 0 Å². The molecule has 0 aliphatic rings. The van der Waals surface area contributed by atoms with Crippen LogP contribution in [0.25, 0.3) is 0 Å². The van der Waals surface area contributed by atoms with Crippen LogP contribution in [-0.4, -0.2) is 15.5 Å². The molecule has 0 unspecified atom stereocenters. The van der Waals surface area contributed by atoms with Gasteiger partial charge in [0.1, 0.15) is 8.96 Å². The molecule has 7 heavy (non-hydrogen) atoms. The van der Waals surface area contributed by atoms with Crippen LogP contribution in [0.2, 0.25) is 13.1 Å². The molecular weight excluding hydrogens is 102 g/mol. The highest BCUT2D eigenvalue weighted by Crippen LogP contribution is 1.68. The molecule has 0 fully saturated rings. The van der Waals surface area contributed by atoms with E-state index in [9.17, 15) is 0 Å². The third kappa shape index (κ3) is 5.92. The topological polar surface area (TPSA) is 12.0 Å². The highest BCUT2D eigenvalue weighted by atomic mass is 28.3. The fourth-order valence-corrected chi connectivity index (χ4v) is 0.829. The summed E-state index contributed by atoms with van der Waals surface area (Å²) in [6.45, 7) is 8.98. The molecule has 0 aliphatic heterocycles. The van der Waals surface area contributed by atoms with Gasteiger partial charge in [-0.3, -0.25) is 0 Å². The Balaban J connectivity index is 2.81. The minimum atomic E-state index is -0.219. The molecule has 0 aromatic heterocycles. The first-order chi connectivity index (χ1) is 3.27. The molecule has 0 aliphatic carbocycles. The molecule has 0 aromatic rings. The van der Waals surface area contributed by atoms with Crippen molar-refractivity contribution in [3.05, 3.63) is 12.7 Å². The van der Waals surface area contributed by atoms with Gasteiger partial charge >= 0.3 is 0 Å². The Hall–Kier alpha value is -0.0831. The van der Waals surface area contributed by atoms with Crippen LogP contribution in [0, 0.1) is 0 Å². The van der Waals surface area contributed by atoms with Crippen molar-refractivity contribution in [1.82, 2.24) is 4.98 Å². The van der Waals surface area contributed by atoms with E-state index in [0.29, 0.717) is 0 Å². The van der Waals surface area contributed by atoms with Gasteiger partial charge < -0.3 is 4.98 Å². The Bertz CT molecular complexity index is 52.0. The second-order valence-corrected chi connectivity index (χ2v) is 4.02. The molecule has 0 saturated heterocycles. The highest BCUT2D eigenvalue weighted by molar-refractivity contribution is 6.52. The zero-order chi connectivity index (χ0) is 5.70. The Morgan fingerprint density at radius 1 is 1.71 bits per heavy atom. The van der Waals surface area contributed by atoms with Gasteiger partial charge in [-0.25, -0.2) is 0 Å². The number of hydrogen-bond acceptors (Lipinski definition) is 1. The normalized spacial score (nSPS) is 9.57. The average Bonchev–Trinajstić information content (AvgIpc) is 1.61. The van der Waals surface area contributed by atoms with Crippen molar-refractivity contribution >= 4 is 8.96 Å². The third-order valence-corrected chi connectivity index (χ3v) is 1.51. The second-order valence-electron chi connectivity index (χ2n) is 1.67. The summed E-state index contributed by atoms with van der Waals surface area (Å²) in [7, 11) is -0.219. The van der Waals surface area contributed by atoms with E-state index >= 15 is 0 Å². The van der Waals surface area contributed by atoms with E-state index in [1.807, 2.05) is 6.08 Å². The summed E-state index contributed by atoms with van der Waals surface area (Å²) in [5, 5.41) is 0. The van der Waals surface area contributed by atoms with Gasteiger partial charge in [0.2, 0.25) is 0 Å². The van der Waals surface area contributed by atoms with Crippen LogP contribution in [0.4, 0.5) is 0 Å². The van der Waals surface area contributed by atoms with Crippen LogP contribution in [0.3, 0.4) is 0 Å². The molecule has 1 radical (unpaired) electrons. The van der Waals surface area contributed by atoms with Crippen molar-refractivity contribution in [1.29, 1.82) is 0 Å². The monoisotopic (exact) mass is 114 g/mol. The van der Waals surface area contributed by atoms with Gasteiger partial charge in [-0.1, -0.05) is 19.2 Å². The van der Waals surface area contributed by atoms with E-state index < -0.39 is 0 Å². The Labute approximate surface area is 47.1 Å². The predicted octanol–water partition coefficient (Wildman–Crippen LogP) is 1.01. The smallest absolute Gasteiger partial charge is 0.127 e. The number of nitrogens with one attached hydrogen (secondary N) is 1. The van der Waals surface area contributed by atoms with Crippen molar-refractivity contribution in [2.45, 2.75) is 13.1 Å². The van der Waals surface area contributed by atoms with E-state index in [2.05, 4.69) is 24.7 Å². The van der Waals surface area contributed by atoms with E-state index in [0.717, 1.165) is 6.54 Å². The molecule has 0 spiro atoms. The largest absolute Gasteiger partial charge is 0.335 e. The Morgan fingerprint density at radius 2 is 2.29 bits per heavy atom. The van der Waals surface area contributed by atoms with Crippen molar-refractivity contribution in [2.75, 3.05) is 6.54 Å². The van der Waals surface area contributed by atoms with Gasteiger partial charge in [-0.15, -0.1) is 6.58 Å². The third-order valence-electron chi connectivity index (χ3n) is 0.600. The van der Waals surface area contributed by atoms with Crippen molar-refractivity contribution in [3.8, 4) is 0 Å². The quantitative estimate of drug-likeness (QED) is 0.426. The standard InChI is InChI=1S/C5H12NSi/c1-4-5-6-7(2)3/h4,6H,1,5H2,2-3H3. The molecule has 0 bridgehead atoms. The van der Waals surface area contributed by atoms with Crippen LogP contribution < -0.4 is 4.98 Å². The maximum Gasteiger partial charge on any atom is 0.127 e. The van der Waals surface area contributed by atoms with Crippen LogP contribution in [0.15, 0.2) is 12.7 Å². The fourth-order valence-electron chi connectivity index (χ4n) is 0.276. The summed E-state index contributed by atoms with van der Waals surface area (Å²) in [5.74, 6) is 0. The first kappa shape index (κ1) is 6.92. The fraction of sp³-hybridized carbons (Fsp3) is 0.600. The summed E-state index contributed by atoms with van der Waals surface area (Å²) in [5.41, 5.74) is 0. The molecule has 0 heterocycles. The van der Waals surface area contributed by atoms with Crippen molar-refractivity contribution in [3.63, 3.8) is 0 Å². The Morgan fingerprint density at radius 3 is 2.43 bits per heavy atom. The molecule has 1 N–H and O–H groups in total. The van der Waals surface area contributed by atoms with Gasteiger partial charge in [0.05, 0.1) is 0 Å². The number of hydrogen-bond donors (Lipinski definition) is 1. The zero-order valence-corrected chi connectivity index (χ0v) is 5.99. The average molecular weight is 114 g/mol. The predicted molar refractivity (Wildman–Crippen MR) is 35.7 cm³/mol. The van der Waals surface area contributed by atoms with E-state index in [4.69, 9.17) is 0 Å². The first-order valence-electron chi connectivity index (χ1n) is 2.42. The van der Waals surface area contributed by atoms with Crippen LogP contribution >= 0.6 is 0 Å². The lowest BCUT2D eigenvalue weighted by Gasteiger charge is -1.99. The minimum absolute atomic E-state index is 0.219. The lowest BCUT2D eigenvalue weighted by Crippen LogP contribution is -2.26. The lowest BCUT2D eigenvalue weighted by molar-refractivity contribution is 1.07. The molecule has 0 atom stereocenters. The number of rotatable bonds is 3. The van der Waals surface area contributed by atoms with Crippen LogP contribution in [0.1, 0.15) is 0 Å². The molecule has 2 heteroatoms. The maximum atomic E-state index is 3.59. The molecule has 0 saturated carbocycles. The van der Waals surface area contributed by atoms with E-state index in [-0.39, 0.29) is 8.96 Å². The van der Waals surface area contributed by atoms with E-state index in [1.54, 1.807) is 0 Å². The van der Waals surface area contributed by atoms with Crippen LogP contribution in [-0.2, 0) is 0 Å².